The molecule has 0 aliphatic carbocycles. The maximum Gasteiger partial charge on any atom is 0.312 e. The summed E-state index contributed by atoms with van der Waals surface area (Å²) in [7, 11) is 0. The molecular formula is C16H14BrF2N3O2. The first-order valence-corrected chi connectivity index (χ1v) is 7.71. The van der Waals surface area contributed by atoms with Crippen molar-refractivity contribution >= 4 is 33.6 Å². The lowest BCUT2D eigenvalue weighted by molar-refractivity contribution is -0.116. The van der Waals surface area contributed by atoms with Crippen LogP contribution in [0.4, 0.5) is 19.3 Å². The Balaban J connectivity index is 2.13. The van der Waals surface area contributed by atoms with Gasteiger partial charge in [-0.05, 0) is 29.8 Å². The predicted molar refractivity (Wildman–Crippen MR) is 89.2 cm³/mol. The molecule has 0 saturated carbocycles. The van der Waals surface area contributed by atoms with E-state index in [2.05, 4.69) is 26.6 Å². The molecule has 4 N–H and O–H groups in total. The van der Waals surface area contributed by atoms with Crippen LogP contribution in [0.1, 0.15) is 18.0 Å². The second-order valence-corrected chi connectivity index (χ2v) is 5.91. The molecule has 0 spiro atoms. The maximum atomic E-state index is 13.6. The van der Waals surface area contributed by atoms with Gasteiger partial charge >= 0.3 is 6.03 Å². The third-order valence-electron chi connectivity index (χ3n) is 3.16. The topological polar surface area (TPSA) is 84.2 Å². The quantitative estimate of drug-likeness (QED) is 0.721. The minimum absolute atomic E-state index is 0.145. The summed E-state index contributed by atoms with van der Waals surface area (Å²) in [6.07, 6.45) is -0.170. The van der Waals surface area contributed by atoms with E-state index < -0.39 is 29.6 Å². The third-order valence-corrected chi connectivity index (χ3v) is 3.66. The molecule has 2 aromatic carbocycles. The lowest BCUT2D eigenvalue weighted by Crippen LogP contribution is -2.35. The van der Waals surface area contributed by atoms with Gasteiger partial charge in [-0.1, -0.05) is 28.1 Å². The average Bonchev–Trinajstić information content (AvgIpc) is 2.49. The van der Waals surface area contributed by atoms with E-state index in [-0.39, 0.29) is 12.1 Å². The fraction of sp³-hybridized carbons (Fsp3) is 0.125. The number of amides is 3. The van der Waals surface area contributed by atoms with Crippen molar-refractivity contribution in [3.8, 4) is 0 Å². The van der Waals surface area contributed by atoms with Gasteiger partial charge in [0.05, 0.1) is 18.2 Å². The van der Waals surface area contributed by atoms with Crippen LogP contribution in [0.15, 0.2) is 46.9 Å². The summed E-state index contributed by atoms with van der Waals surface area (Å²) < 4.78 is 27.2. The number of primary amides is 1. The Morgan fingerprint density at radius 1 is 1.17 bits per heavy atom. The van der Waals surface area contributed by atoms with Crippen molar-refractivity contribution in [2.45, 2.75) is 12.5 Å². The van der Waals surface area contributed by atoms with Gasteiger partial charge < -0.3 is 16.4 Å². The molecule has 0 bridgehead atoms. The number of urea groups is 1. The van der Waals surface area contributed by atoms with Gasteiger partial charge in [0.2, 0.25) is 5.91 Å². The van der Waals surface area contributed by atoms with E-state index in [0.717, 1.165) is 16.6 Å². The van der Waals surface area contributed by atoms with Gasteiger partial charge in [-0.2, -0.15) is 0 Å². The minimum Gasteiger partial charge on any atom is -0.352 e. The second kappa shape index (κ2) is 7.87. The SMILES string of the molecule is NC(=O)NC(CC(=O)Nc1ccc(F)cc1F)c1cccc(Br)c1. The molecule has 0 fully saturated rings. The van der Waals surface area contributed by atoms with Gasteiger partial charge in [-0.15, -0.1) is 0 Å². The number of rotatable bonds is 5. The lowest BCUT2D eigenvalue weighted by Gasteiger charge is -2.18. The molecule has 3 amide bonds. The molecule has 5 nitrogen and oxygen atoms in total. The van der Waals surface area contributed by atoms with Gasteiger partial charge in [-0.3, -0.25) is 4.79 Å². The molecular weight excluding hydrogens is 384 g/mol. The standard InChI is InChI=1S/C16H14BrF2N3O2/c17-10-3-1-2-9(6-10)14(22-16(20)24)8-15(23)21-13-5-4-11(18)7-12(13)19/h1-7,14H,8H2,(H,21,23)(H3,20,22,24). The van der Waals surface area contributed by atoms with Gasteiger partial charge in [-0.25, -0.2) is 13.6 Å². The summed E-state index contributed by atoms with van der Waals surface area (Å²) in [6.45, 7) is 0. The van der Waals surface area contributed by atoms with Gasteiger partial charge in [0.1, 0.15) is 11.6 Å². The normalized spacial score (nSPS) is 11.6. The molecule has 0 radical (unpaired) electrons. The Bertz CT molecular complexity index is 771. The van der Waals surface area contributed by atoms with Crippen molar-refractivity contribution in [2.75, 3.05) is 5.32 Å². The van der Waals surface area contributed by atoms with E-state index in [0.29, 0.717) is 11.6 Å². The van der Waals surface area contributed by atoms with Gasteiger partial charge in [0.25, 0.3) is 0 Å². The summed E-state index contributed by atoms with van der Waals surface area (Å²) in [5.41, 5.74) is 5.65. The number of halogens is 3. The number of carbonyl (C=O) groups excluding carboxylic acids is 2. The minimum atomic E-state index is -0.884. The second-order valence-electron chi connectivity index (χ2n) is 4.99. The van der Waals surface area contributed by atoms with Gasteiger partial charge in [0, 0.05) is 10.5 Å². The molecule has 0 aliphatic rings. The Hall–Kier alpha value is -2.48. The summed E-state index contributed by atoms with van der Waals surface area (Å²) in [5.74, 6) is -2.18. The molecule has 1 atom stereocenters. The fourth-order valence-corrected chi connectivity index (χ4v) is 2.54. The molecule has 24 heavy (non-hydrogen) atoms. The molecule has 8 heteroatoms. The first-order chi connectivity index (χ1) is 11.3. The monoisotopic (exact) mass is 397 g/mol. The summed E-state index contributed by atoms with van der Waals surface area (Å²) in [5, 5.41) is 4.81. The van der Waals surface area contributed by atoms with Crippen LogP contribution < -0.4 is 16.4 Å². The highest BCUT2D eigenvalue weighted by Crippen LogP contribution is 2.22. The maximum absolute atomic E-state index is 13.6. The van der Waals surface area contributed by atoms with E-state index >= 15 is 0 Å². The smallest absolute Gasteiger partial charge is 0.312 e. The number of anilines is 1. The van der Waals surface area contributed by atoms with E-state index in [9.17, 15) is 18.4 Å². The van der Waals surface area contributed by atoms with Crippen LogP contribution >= 0.6 is 15.9 Å². The highest BCUT2D eigenvalue weighted by molar-refractivity contribution is 9.10. The summed E-state index contributed by atoms with van der Waals surface area (Å²) in [6, 6.07) is 8.33. The van der Waals surface area contributed by atoms with Crippen LogP contribution in [0, 0.1) is 11.6 Å². The molecule has 0 saturated heterocycles. The van der Waals surface area contributed by atoms with Crippen molar-refractivity contribution in [1.29, 1.82) is 0 Å². The van der Waals surface area contributed by atoms with E-state index in [4.69, 9.17) is 5.73 Å². The van der Waals surface area contributed by atoms with Crippen LogP contribution in [0.25, 0.3) is 0 Å². The Morgan fingerprint density at radius 3 is 2.54 bits per heavy atom. The Morgan fingerprint density at radius 2 is 1.92 bits per heavy atom. The zero-order chi connectivity index (χ0) is 17.7. The average molecular weight is 398 g/mol. The van der Waals surface area contributed by atoms with Crippen LogP contribution in [-0.4, -0.2) is 11.9 Å². The molecule has 0 aliphatic heterocycles. The Kier molecular flexibility index (Phi) is 5.86. The highest BCUT2D eigenvalue weighted by Gasteiger charge is 2.18. The first-order valence-electron chi connectivity index (χ1n) is 6.91. The van der Waals surface area contributed by atoms with E-state index in [1.807, 2.05) is 0 Å². The third kappa shape index (κ3) is 5.02. The molecule has 2 aromatic rings. The predicted octanol–water partition coefficient (Wildman–Crippen LogP) is 3.47. The zero-order valence-corrected chi connectivity index (χ0v) is 13.9. The van der Waals surface area contributed by atoms with Crippen molar-refractivity contribution in [1.82, 2.24) is 5.32 Å². The van der Waals surface area contributed by atoms with Crippen LogP contribution in [-0.2, 0) is 4.79 Å². The summed E-state index contributed by atoms with van der Waals surface area (Å²) in [4.78, 5) is 23.3. The van der Waals surface area contributed by atoms with Crippen LogP contribution in [0.5, 0.6) is 0 Å². The molecule has 0 aromatic heterocycles. The number of nitrogens with one attached hydrogen (secondary N) is 2. The van der Waals surface area contributed by atoms with E-state index in [1.165, 1.54) is 0 Å². The largest absolute Gasteiger partial charge is 0.352 e. The van der Waals surface area contributed by atoms with Crippen LogP contribution in [0.3, 0.4) is 0 Å². The highest BCUT2D eigenvalue weighted by atomic mass is 79.9. The summed E-state index contributed by atoms with van der Waals surface area (Å²) >= 11 is 3.30. The van der Waals surface area contributed by atoms with Crippen molar-refractivity contribution < 1.29 is 18.4 Å². The molecule has 2 rings (SSSR count). The van der Waals surface area contributed by atoms with Gasteiger partial charge in [0.15, 0.2) is 0 Å². The first kappa shape index (κ1) is 17.9. The number of hydrogen-bond donors (Lipinski definition) is 3. The molecule has 0 heterocycles. The molecule has 1 unspecified atom stereocenters. The van der Waals surface area contributed by atoms with Crippen LogP contribution in [0.2, 0.25) is 0 Å². The van der Waals surface area contributed by atoms with Crippen molar-refractivity contribution in [3.63, 3.8) is 0 Å². The Labute approximate surface area is 145 Å². The van der Waals surface area contributed by atoms with Crippen molar-refractivity contribution in [3.05, 3.63) is 64.1 Å². The molecule has 126 valence electrons. The van der Waals surface area contributed by atoms with Crippen molar-refractivity contribution in [2.24, 2.45) is 5.73 Å². The lowest BCUT2D eigenvalue weighted by atomic mass is 10.0. The van der Waals surface area contributed by atoms with E-state index in [1.54, 1.807) is 24.3 Å². The number of carbonyl (C=O) groups is 2. The number of benzene rings is 2. The fourth-order valence-electron chi connectivity index (χ4n) is 2.12. The zero-order valence-electron chi connectivity index (χ0n) is 12.4. The number of hydrogen-bond acceptors (Lipinski definition) is 2. The number of nitrogens with two attached hydrogens (primary N) is 1.